The highest BCUT2D eigenvalue weighted by atomic mass is 79.9. The van der Waals surface area contributed by atoms with Gasteiger partial charge >= 0.3 is 0 Å². The Bertz CT molecular complexity index is 596. The molecule has 0 aromatic heterocycles. The van der Waals surface area contributed by atoms with Gasteiger partial charge in [0.15, 0.2) is 0 Å². The Labute approximate surface area is 125 Å². The molecule has 19 heavy (non-hydrogen) atoms. The predicted octanol–water partition coefficient (Wildman–Crippen LogP) is 4.59. The van der Waals surface area contributed by atoms with Gasteiger partial charge in [-0.15, -0.1) is 0 Å². The molecule has 0 bridgehead atoms. The van der Waals surface area contributed by atoms with Crippen molar-refractivity contribution < 1.29 is 4.79 Å². The van der Waals surface area contributed by atoms with Gasteiger partial charge < -0.3 is 5.32 Å². The Hall–Kier alpha value is -1.32. The second-order valence-electron chi connectivity index (χ2n) is 4.31. The molecule has 4 heteroatoms. The summed E-state index contributed by atoms with van der Waals surface area (Å²) in [7, 11) is 0. The number of carbonyl (C=O) groups excluding carboxylic acids is 1. The molecular formula is C15H13BrClNO. The van der Waals surface area contributed by atoms with Crippen LogP contribution in [0.5, 0.6) is 0 Å². The topological polar surface area (TPSA) is 29.1 Å². The lowest BCUT2D eigenvalue weighted by Gasteiger charge is -2.09. The summed E-state index contributed by atoms with van der Waals surface area (Å²) in [5, 5.41) is 3.58. The molecule has 0 atom stereocenters. The lowest BCUT2D eigenvalue weighted by molar-refractivity contribution is -0.115. The van der Waals surface area contributed by atoms with Crippen LogP contribution < -0.4 is 5.32 Å². The average Bonchev–Trinajstić information content (AvgIpc) is 2.36. The van der Waals surface area contributed by atoms with Crippen LogP contribution in [-0.4, -0.2) is 5.91 Å². The monoisotopic (exact) mass is 337 g/mol. The van der Waals surface area contributed by atoms with Crippen LogP contribution >= 0.6 is 27.5 Å². The first-order valence-electron chi connectivity index (χ1n) is 5.85. The van der Waals surface area contributed by atoms with Crippen molar-refractivity contribution in [2.75, 3.05) is 5.32 Å². The Morgan fingerprint density at radius 2 is 1.89 bits per heavy atom. The summed E-state index contributed by atoms with van der Waals surface area (Å²) >= 11 is 9.21. The van der Waals surface area contributed by atoms with E-state index in [-0.39, 0.29) is 5.91 Å². The molecule has 0 saturated carbocycles. The number of halogens is 2. The van der Waals surface area contributed by atoms with E-state index in [1.54, 1.807) is 12.1 Å². The van der Waals surface area contributed by atoms with Gasteiger partial charge in [-0.1, -0.05) is 39.7 Å². The van der Waals surface area contributed by atoms with Crippen molar-refractivity contribution in [2.24, 2.45) is 0 Å². The number of benzene rings is 2. The number of anilines is 1. The minimum atomic E-state index is -0.0345. The van der Waals surface area contributed by atoms with E-state index < -0.39 is 0 Å². The fraction of sp³-hybridized carbons (Fsp3) is 0.133. The van der Waals surface area contributed by atoms with Gasteiger partial charge in [0, 0.05) is 15.2 Å². The van der Waals surface area contributed by atoms with E-state index in [0.717, 1.165) is 21.3 Å². The lowest BCUT2D eigenvalue weighted by atomic mass is 10.1. The Morgan fingerprint density at radius 1 is 1.21 bits per heavy atom. The molecule has 1 N–H and O–H groups in total. The molecule has 0 radical (unpaired) electrons. The molecular weight excluding hydrogens is 326 g/mol. The van der Waals surface area contributed by atoms with Crippen LogP contribution in [0.1, 0.15) is 11.1 Å². The molecule has 0 saturated heterocycles. The van der Waals surface area contributed by atoms with Crippen LogP contribution in [0.4, 0.5) is 5.69 Å². The van der Waals surface area contributed by atoms with Crippen molar-refractivity contribution >= 4 is 39.1 Å². The van der Waals surface area contributed by atoms with Crippen molar-refractivity contribution in [1.29, 1.82) is 0 Å². The third-order valence-corrected chi connectivity index (χ3v) is 3.49. The van der Waals surface area contributed by atoms with Gasteiger partial charge in [0.05, 0.1) is 6.42 Å². The van der Waals surface area contributed by atoms with Gasteiger partial charge in [-0.05, 0) is 48.4 Å². The molecule has 2 aromatic carbocycles. The minimum absolute atomic E-state index is 0.0345. The Balaban J connectivity index is 2.03. The summed E-state index contributed by atoms with van der Waals surface area (Å²) in [5.74, 6) is -0.0345. The van der Waals surface area contributed by atoms with Crippen molar-refractivity contribution in [1.82, 2.24) is 0 Å². The normalized spacial score (nSPS) is 10.3. The lowest BCUT2D eigenvalue weighted by Crippen LogP contribution is -2.15. The summed E-state index contributed by atoms with van der Waals surface area (Å²) < 4.78 is 1.00. The molecule has 0 aliphatic rings. The fourth-order valence-electron chi connectivity index (χ4n) is 1.75. The second kappa shape index (κ2) is 6.22. The van der Waals surface area contributed by atoms with E-state index in [9.17, 15) is 4.79 Å². The highest BCUT2D eigenvalue weighted by Gasteiger charge is 2.06. The van der Waals surface area contributed by atoms with Crippen LogP contribution in [0.2, 0.25) is 5.02 Å². The molecule has 1 amide bonds. The number of amides is 1. The van der Waals surface area contributed by atoms with Gasteiger partial charge in [0.25, 0.3) is 0 Å². The molecule has 2 rings (SSSR count). The summed E-state index contributed by atoms with van der Waals surface area (Å²) in [5.41, 5.74) is 2.80. The maximum absolute atomic E-state index is 11.9. The largest absolute Gasteiger partial charge is 0.326 e. The summed E-state index contributed by atoms with van der Waals surface area (Å²) in [6, 6.07) is 13.1. The number of nitrogens with one attached hydrogen (secondary N) is 1. The van der Waals surface area contributed by atoms with Crippen molar-refractivity contribution in [3.8, 4) is 0 Å². The van der Waals surface area contributed by atoms with E-state index in [0.29, 0.717) is 11.4 Å². The van der Waals surface area contributed by atoms with Gasteiger partial charge in [0.1, 0.15) is 0 Å². The first-order valence-corrected chi connectivity index (χ1v) is 7.02. The molecule has 0 unspecified atom stereocenters. The van der Waals surface area contributed by atoms with Gasteiger partial charge in [-0.2, -0.15) is 0 Å². The SMILES string of the molecule is Cc1cc(Br)ccc1NC(=O)Cc1ccc(Cl)cc1. The maximum atomic E-state index is 11.9. The van der Waals surface area contributed by atoms with Crippen molar-refractivity contribution in [2.45, 2.75) is 13.3 Å². The maximum Gasteiger partial charge on any atom is 0.228 e. The Morgan fingerprint density at radius 3 is 2.53 bits per heavy atom. The molecule has 2 nitrogen and oxygen atoms in total. The molecule has 0 fully saturated rings. The smallest absolute Gasteiger partial charge is 0.228 e. The van der Waals surface area contributed by atoms with E-state index in [1.807, 2.05) is 37.3 Å². The first-order chi connectivity index (χ1) is 9.04. The van der Waals surface area contributed by atoms with Gasteiger partial charge in [-0.25, -0.2) is 0 Å². The molecule has 0 heterocycles. The predicted molar refractivity (Wildman–Crippen MR) is 82.7 cm³/mol. The zero-order valence-electron chi connectivity index (χ0n) is 10.4. The van der Waals surface area contributed by atoms with Crippen molar-refractivity contribution in [3.63, 3.8) is 0 Å². The first kappa shape index (κ1) is 14.1. The van der Waals surface area contributed by atoms with E-state index in [2.05, 4.69) is 21.2 Å². The minimum Gasteiger partial charge on any atom is -0.326 e. The third-order valence-electron chi connectivity index (χ3n) is 2.74. The van der Waals surface area contributed by atoms with Gasteiger partial charge in [0.2, 0.25) is 5.91 Å². The summed E-state index contributed by atoms with van der Waals surface area (Å²) in [6.45, 7) is 1.96. The highest BCUT2D eigenvalue weighted by molar-refractivity contribution is 9.10. The van der Waals surface area contributed by atoms with E-state index >= 15 is 0 Å². The quantitative estimate of drug-likeness (QED) is 0.871. The molecule has 98 valence electrons. The van der Waals surface area contributed by atoms with Crippen LogP contribution in [0.15, 0.2) is 46.9 Å². The number of rotatable bonds is 3. The van der Waals surface area contributed by atoms with Crippen LogP contribution in [0.25, 0.3) is 0 Å². The molecule has 0 aliphatic heterocycles. The Kier molecular flexibility index (Phi) is 4.61. The van der Waals surface area contributed by atoms with E-state index in [1.165, 1.54) is 0 Å². The van der Waals surface area contributed by atoms with Crippen molar-refractivity contribution in [3.05, 3.63) is 63.1 Å². The standard InChI is InChI=1S/C15H13BrClNO/c1-10-8-12(16)4-7-14(10)18-15(19)9-11-2-5-13(17)6-3-11/h2-8H,9H2,1H3,(H,18,19). The number of carbonyl (C=O) groups is 1. The highest BCUT2D eigenvalue weighted by Crippen LogP contribution is 2.20. The third kappa shape index (κ3) is 4.08. The molecule has 2 aromatic rings. The van der Waals surface area contributed by atoms with Crippen LogP contribution in [-0.2, 0) is 11.2 Å². The fourth-order valence-corrected chi connectivity index (χ4v) is 2.35. The zero-order valence-corrected chi connectivity index (χ0v) is 12.8. The number of hydrogen-bond donors (Lipinski definition) is 1. The van der Waals surface area contributed by atoms with Crippen LogP contribution in [0.3, 0.4) is 0 Å². The summed E-state index contributed by atoms with van der Waals surface area (Å²) in [6.07, 6.45) is 0.340. The molecule has 0 spiro atoms. The van der Waals surface area contributed by atoms with Gasteiger partial charge in [-0.3, -0.25) is 4.79 Å². The second-order valence-corrected chi connectivity index (χ2v) is 5.66. The van der Waals surface area contributed by atoms with E-state index in [4.69, 9.17) is 11.6 Å². The number of hydrogen-bond acceptors (Lipinski definition) is 1. The average molecular weight is 339 g/mol. The number of aryl methyl sites for hydroxylation is 1. The van der Waals surface area contributed by atoms with Crippen LogP contribution in [0, 0.1) is 6.92 Å². The summed E-state index contributed by atoms with van der Waals surface area (Å²) in [4.78, 5) is 11.9. The zero-order chi connectivity index (χ0) is 13.8. The molecule has 0 aliphatic carbocycles.